The van der Waals surface area contributed by atoms with E-state index in [-0.39, 0.29) is 5.91 Å². The van der Waals surface area contributed by atoms with E-state index in [0.29, 0.717) is 6.54 Å². The summed E-state index contributed by atoms with van der Waals surface area (Å²) in [4.78, 5) is 11.6. The zero-order valence-corrected chi connectivity index (χ0v) is 13.2. The van der Waals surface area contributed by atoms with Crippen LogP contribution < -0.4 is 10.6 Å². The van der Waals surface area contributed by atoms with Crippen LogP contribution in [-0.4, -0.2) is 25.5 Å². The monoisotopic (exact) mass is 280 g/mol. The lowest BCUT2D eigenvalue weighted by Crippen LogP contribution is -2.34. The number of rotatable bonds is 11. The van der Waals surface area contributed by atoms with Gasteiger partial charge in [-0.1, -0.05) is 44.3 Å². The maximum absolute atomic E-state index is 11.6. The molecule has 1 amide bonds. The lowest BCUT2D eigenvalue weighted by atomic mass is 9.97. The van der Waals surface area contributed by atoms with E-state index in [1.54, 1.807) is 0 Å². The summed E-state index contributed by atoms with van der Waals surface area (Å²) in [5, 5.41) is 6.22. The first kappa shape index (κ1) is 17.2. The first-order valence-electron chi connectivity index (χ1n) is 8.48. The number of nitrogens with one attached hydrogen (secondary N) is 2. The van der Waals surface area contributed by atoms with Gasteiger partial charge < -0.3 is 10.6 Å². The van der Waals surface area contributed by atoms with Gasteiger partial charge in [0.15, 0.2) is 0 Å². The van der Waals surface area contributed by atoms with E-state index in [0.717, 1.165) is 19.5 Å². The fourth-order valence-corrected chi connectivity index (χ4v) is 2.61. The van der Waals surface area contributed by atoms with Crippen molar-refractivity contribution in [2.24, 2.45) is 0 Å². The van der Waals surface area contributed by atoms with Crippen molar-refractivity contribution in [1.29, 1.82) is 0 Å². The van der Waals surface area contributed by atoms with Crippen molar-refractivity contribution in [3.63, 3.8) is 0 Å². The molecule has 3 heteroatoms. The van der Waals surface area contributed by atoms with Crippen LogP contribution in [0.25, 0.3) is 0 Å². The lowest BCUT2D eigenvalue weighted by molar-refractivity contribution is -0.120. The summed E-state index contributed by atoms with van der Waals surface area (Å²) in [6, 6.07) is 0. The van der Waals surface area contributed by atoms with E-state index in [1.807, 2.05) is 0 Å². The van der Waals surface area contributed by atoms with Crippen LogP contribution in [-0.2, 0) is 4.79 Å². The van der Waals surface area contributed by atoms with Crippen molar-refractivity contribution >= 4 is 5.91 Å². The Morgan fingerprint density at radius 1 is 1.15 bits per heavy atom. The number of amides is 1. The quantitative estimate of drug-likeness (QED) is 0.449. The molecule has 2 N–H and O–H groups in total. The van der Waals surface area contributed by atoms with Crippen LogP contribution in [0.4, 0.5) is 0 Å². The van der Waals surface area contributed by atoms with Crippen LogP contribution >= 0.6 is 0 Å². The molecule has 0 bridgehead atoms. The number of hydrogen-bond donors (Lipinski definition) is 2. The normalized spacial score (nSPS) is 14.9. The van der Waals surface area contributed by atoms with Crippen LogP contribution in [0, 0.1) is 0 Å². The van der Waals surface area contributed by atoms with Crippen molar-refractivity contribution in [2.45, 2.75) is 71.1 Å². The van der Waals surface area contributed by atoms with Crippen molar-refractivity contribution in [3.8, 4) is 0 Å². The Morgan fingerprint density at radius 3 is 2.75 bits per heavy atom. The van der Waals surface area contributed by atoms with Crippen LogP contribution in [0.2, 0.25) is 0 Å². The minimum absolute atomic E-state index is 0.134. The van der Waals surface area contributed by atoms with E-state index in [4.69, 9.17) is 0 Å². The molecule has 0 spiro atoms. The third kappa shape index (κ3) is 9.13. The Kier molecular flexibility index (Phi) is 10.3. The van der Waals surface area contributed by atoms with Crippen LogP contribution in [0.5, 0.6) is 0 Å². The van der Waals surface area contributed by atoms with Gasteiger partial charge in [-0.2, -0.15) is 0 Å². The Labute approximate surface area is 124 Å². The second kappa shape index (κ2) is 12.0. The first-order valence-corrected chi connectivity index (χ1v) is 8.48. The largest absolute Gasteiger partial charge is 0.355 e. The highest BCUT2D eigenvalue weighted by molar-refractivity contribution is 5.77. The molecule has 1 aliphatic rings. The number of carbonyl (C=O) groups excluding carboxylic acids is 1. The third-order valence-corrected chi connectivity index (χ3v) is 3.90. The number of unbranched alkanes of at least 4 members (excludes halogenated alkanes) is 4. The van der Waals surface area contributed by atoms with Gasteiger partial charge in [-0.25, -0.2) is 0 Å². The highest BCUT2D eigenvalue weighted by Crippen LogP contribution is 2.19. The molecule has 0 fully saturated rings. The van der Waals surface area contributed by atoms with Crippen molar-refractivity contribution in [1.82, 2.24) is 10.6 Å². The van der Waals surface area contributed by atoms with Gasteiger partial charge in [0, 0.05) is 6.54 Å². The number of allylic oxidation sites excluding steroid dienone is 1. The molecule has 0 saturated carbocycles. The zero-order chi connectivity index (χ0) is 14.5. The topological polar surface area (TPSA) is 41.1 Å². The molecule has 0 aromatic rings. The van der Waals surface area contributed by atoms with Crippen LogP contribution in [0.3, 0.4) is 0 Å². The minimum atomic E-state index is 0.134. The number of carbonyl (C=O) groups is 1. The minimum Gasteiger partial charge on any atom is -0.355 e. The number of hydrogen-bond acceptors (Lipinski definition) is 2. The van der Waals surface area contributed by atoms with E-state index >= 15 is 0 Å². The molecule has 0 saturated heterocycles. The highest BCUT2D eigenvalue weighted by atomic mass is 16.1. The van der Waals surface area contributed by atoms with Crippen LogP contribution in [0.1, 0.15) is 71.1 Å². The molecular formula is C17H32N2O. The standard InChI is InChI=1S/C17H32N2O/c1-2-3-4-5-9-13-18-15-17(20)19-14-12-16-10-7-6-8-11-16/h10,18H,2-9,11-15H2,1H3,(H,19,20). The molecule has 3 nitrogen and oxygen atoms in total. The Hall–Kier alpha value is -0.830. The molecule has 0 aromatic carbocycles. The molecule has 1 rings (SSSR count). The first-order chi connectivity index (χ1) is 9.83. The molecule has 20 heavy (non-hydrogen) atoms. The van der Waals surface area contributed by atoms with Gasteiger partial charge in [0.25, 0.3) is 0 Å². The molecule has 0 unspecified atom stereocenters. The molecule has 0 aromatic heterocycles. The lowest BCUT2D eigenvalue weighted by Gasteiger charge is -2.13. The average Bonchev–Trinajstić information content (AvgIpc) is 2.47. The van der Waals surface area contributed by atoms with E-state index in [2.05, 4.69) is 23.6 Å². The van der Waals surface area contributed by atoms with Gasteiger partial charge in [-0.05, 0) is 45.1 Å². The van der Waals surface area contributed by atoms with Gasteiger partial charge in [0.05, 0.1) is 6.54 Å². The molecule has 1 aliphatic carbocycles. The summed E-state index contributed by atoms with van der Waals surface area (Å²) in [5.41, 5.74) is 1.53. The molecule has 0 aliphatic heterocycles. The van der Waals surface area contributed by atoms with E-state index < -0.39 is 0 Å². The fourth-order valence-electron chi connectivity index (χ4n) is 2.61. The molecular weight excluding hydrogens is 248 g/mol. The Balaban J connectivity index is 1.88. The maximum Gasteiger partial charge on any atom is 0.233 e. The fraction of sp³-hybridized carbons (Fsp3) is 0.824. The summed E-state index contributed by atoms with van der Waals surface area (Å²) in [5.74, 6) is 0.134. The Bertz CT molecular complexity index is 287. The van der Waals surface area contributed by atoms with Crippen molar-refractivity contribution < 1.29 is 4.79 Å². The van der Waals surface area contributed by atoms with Crippen molar-refractivity contribution in [2.75, 3.05) is 19.6 Å². The van der Waals surface area contributed by atoms with Gasteiger partial charge in [-0.3, -0.25) is 4.79 Å². The Morgan fingerprint density at radius 2 is 2.00 bits per heavy atom. The van der Waals surface area contributed by atoms with Gasteiger partial charge >= 0.3 is 0 Å². The predicted octanol–water partition coefficient (Wildman–Crippen LogP) is 3.55. The van der Waals surface area contributed by atoms with Crippen LogP contribution in [0.15, 0.2) is 11.6 Å². The second-order valence-electron chi connectivity index (χ2n) is 5.80. The van der Waals surface area contributed by atoms with Gasteiger partial charge in [0.2, 0.25) is 5.91 Å². The maximum atomic E-state index is 11.6. The molecule has 0 atom stereocenters. The summed E-state index contributed by atoms with van der Waals surface area (Å²) in [6.07, 6.45) is 14.9. The highest BCUT2D eigenvalue weighted by Gasteiger charge is 2.04. The SMILES string of the molecule is CCCCCCCNCC(=O)NCCC1=CCCCC1. The average molecular weight is 280 g/mol. The predicted molar refractivity (Wildman–Crippen MR) is 85.8 cm³/mol. The molecule has 0 radical (unpaired) electrons. The summed E-state index contributed by atoms with van der Waals surface area (Å²) >= 11 is 0. The molecule has 116 valence electrons. The summed E-state index contributed by atoms with van der Waals surface area (Å²) in [7, 11) is 0. The van der Waals surface area contributed by atoms with Gasteiger partial charge in [0.1, 0.15) is 0 Å². The van der Waals surface area contributed by atoms with E-state index in [1.165, 1.54) is 63.4 Å². The zero-order valence-electron chi connectivity index (χ0n) is 13.2. The molecule has 0 heterocycles. The summed E-state index contributed by atoms with van der Waals surface area (Å²) in [6.45, 7) is 4.45. The van der Waals surface area contributed by atoms with Crippen molar-refractivity contribution in [3.05, 3.63) is 11.6 Å². The third-order valence-electron chi connectivity index (χ3n) is 3.90. The second-order valence-corrected chi connectivity index (χ2v) is 5.80. The van der Waals surface area contributed by atoms with Gasteiger partial charge in [-0.15, -0.1) is 0 Å². The smallest absolute Gasteiger partial charge is 0.233 e. The van der Waals surface area contributed by atoms with E-state index in [9.17, 15) is 4.79 Å². The summed E-state index contributed by atoms with van der Waals surface area (Å²) < 4.78 is 0.